The molecule has 1 heterocycles. The number of urea groups is 1. The van der Waals surface area contributed by atoms with E-state index in [2.05, 4.69) is 17.1 Å². The van der Waals surface area contributed by atoms with E-state index >= 15 is 0 Å². The van der Waals surface area contributed by atoms with Crippen LogP contribution in [0.4, 0.5) is 16.2 Å². The van der Waals surface area contributed by atoms with Gasteiger partial charge in [-0.2, -0.15) is 0 Å². The summed E-state index contributed by atoms with van der Waals surface area (Å²) in [5.74, 6) is 0. The number of amides is 2. The third-order valence-corrected chi connectivity index (χ3v) is 3.36. The van der Waals surface area contributed by atoms with Crippen LogP contribution in [0.1, 0.15) is 13.3 Å². The molecule has 2 amide bonds. The highest BCUT2D eigenvalue weighted by Gasteiger charge is 2.20. The van der Waals surface area contributed by atoms with E-state index in [0.717, 1.165) is 50.5 Å². The summed E-state index contributed by atoms with van der Waals surface area (Å²) in [6, 6.07) is 7.93. The van der Waals surface area contributed by atoms with E-state index in [1.807, 2.05) is 29.2 Å². The number of nitrogens with two attached hydrogens (primary N) is 1. The van der Waals surface area contributed by atoms with E-state index in [0.29, 0.717) is 0 Å². The number of benzene rings is 1. The molecule has 3 N–H and O–H groups in total. The quantitative estimate of drug-likeness (QED) is 0.764. The van der Waals surface area contributed by atoms with Gasteiger partial charge in [0, 0.05) is 32.7 Å². The Morgan fingerprint density at radius 1 is 1.37 bits per heavy atom. The average Bonchev–Trinajstić information content (AvgIpc) is 2.81. The summed E-state index contributed by atoms with van der Waals surface area (Å²) in [6.45, 7) is 6.19. The summed E-state index contributed by atoms with van der Waals surface area (Å²) in [7, 11) is 0. The van der Waals surface area contributed by atoms with Crippen molar-refractivity contribution in [1.29, 1.82) is 0 Å². The predicted molar refractivity (Wildman–Crippen MR) is 78.3 cm³/mol. The van der Waals surface area contributed by atoms with Crippen LogP contribution in [0.5, 0.6) is 0 Å². The van der Waals surface area contributed by atoms with Crippen LogP contribution in [0.25, 0.3) is 0 Å². The van der Waals surface area contributed by atoms with Crippen molar-refractivity contribution in [2.45, 2.75) is 13.3 Å². The van der Waals surface area contributed by atoms with Crippen molar-refractivity contribution in [2.24, 2.45) is 0 Å². The molecule has 0 unspecified atom stereocenters. The third kappa shape index (κ3) is 3.30. The molecule has 19 heavy (non-hydrogen) atoms. The number of nitrogens with one attached hydrogen (secondary N) is 1. The Balaban J connectivity index is 2.00. The van der Waals surface area contributed by atoms with Gasteiger partial charge in [0.1, 0.15) is 0 Å². The van der Waals surface area contributed by atoms with Crippen molar-refractivity contribution in [2.75, 3.05) is 43.4 Å². The highest BCUT2D eigenvalue weighted by atomic mass is 16.2. The first kappa shape index (κ1) is 13.5. The van der Waals surface area contributed by atoms with Gasteiger partial charge in [0.15, 0.2) is 0 Å². The molecule has 0 aliphatic carbocycles. The summed E-state index contributed by atoms with van der Waals surface area (Å²) >= 11 is 0. The largest absolute Gasteiger partial charge is 0.397 e. The van der Waals surface area contributed by atoms with Gasteiger partial charge >= 0.3 is 6.03 Å². The molecular weight excluding hydrogens is 240 g/mol. The van der Waals surface area contributed by atoms with Gasteiger partial charge in [-0.05, 0) is 18.6 Å². The molecule has 2 rings (SSSR count). The van der Waals surface area contributed by atoms with Crippen LogP contribution in [0, 0.1) is 0 Å². The van der Waals surface area contributed by atoms with E-state index < -0.39 is 0 Å². The number of carbonyl (C=O) groups excluding carboxylic acids is 1. The normalized spacial score (nSPS) is 14.6. The molecule has 5 heteroatoms. The Kier molecular flexibility index (Phi) is 4.49. The first-order chi connectivity index (χ1) is 9.22. The fourth-order valence-electron chi connectivity index (χ4n) is 2.36. The van der Waals surface area contributed by atoms with Crippen LogP contribution in [-0.2, 0) is 0 Å². The second-order valence-electron chi connectivity index (χ2n) is 4.76. The van der Waals surface area contributed by atoms with Gasteiger partial charge in [0.25, 0.3) is 0 Å². The summed E-state index contributed by atoms with van der Waals surface area (Å²) in [4.78, 5) is 15.6. The third-order valence-electron chi connectivity index (χ3n) is 3.36. The number of para-hydroxylation sites is 2. The standard InChI is InChI=1S/C14H22N4O/c1-2-8-17(13-6-4-3-5-12(13)15)10-11-18-9-7-16-14(18)19/h3-6H,2,7-11,15H2,1H3,(H,16,19). The smallest absolute Gasteiger partial charge is 0.317 e. The lowest BCUT2D eigenvalue weighted by Gasteiger charge is -2.27. The minimum atomic E-state index is 0.0393. The lowest BCUT2D eigenvalue weighted by molar-refractivity contribution is 0.218. The molecule has 0 atom stereocenters. The molecule has 0 aromatic heterocycles. The van der Waals surface area contributed by atoms with Crippen molar-refractivity contribution in [3.8, 4) is 0 Å². The second kappa shape index (κ2) is 6.31. The zero-order valence-corrected chi connectivity index (χ0v) is 11.4. The van der Waals surface area contributed by atoms with Crippen LogP contribution in [0.15, 0.2) is 24.3 Å². The second-order valence-corrected chi connectivity index (χ2v) is 4.76. The molecular formula is C14H22N4O. The fraction of sp³-hybridized carbons (Fsp3) is 0.500. The van der Waals surface area contributed by atoms with E-state index in [1.54, 1.807) is 0 Å². The topological polar surface area (TPSA) is 61.6 Å². The first-order valence-corrected chi connectivity index (χ1v) is 6.84. The first-order valence-electron chi connectivity index (χ1n) is 6.84. The molecule has 0 radical (unpaired) electrons. The van der Waals surface area contributed by atoms with Gasteiger partial charge in [-0.1, -0.05) is 19.1 Å². The monoisotopic (exact) mass is 262 g/mol. The lowest BCUT2D eigenvalue weighted by atomic mass is 10.2. The zero-order valence-electron chi connectivity index (χ0n) is 11.4. The molecule has 1 aliphatic heterocycles. The van der Waals surface area contributed by atoms with Crippen LogP contribution >= 0.6 is 0 Å². The number of nitrogens with zero attached hydrogens (tertiary/aromatic N) is 2. The molecule has 0 spiro atoms. The minimum Gasteiger partial charge on any atom is -0.397 e. The number of rotatable bonds is 6. The van der Waals surface area contributed by atoms with E-state index in [9.17, 15) is 4.79 Å². The van der Waals surface area contributed by atoms with Gasteiger partial charge in [-0.25, -0.2) is 4.79 Å². The molecule has 1 fully saturated rings. The van der Waals surface area contributed by atoms with Crippen LogP contribution in [0.3, 0.4) is 0 Å². The average molecular weight is 262 g/mol. The van der Waals surface area contributed by atoms with Crippen molar-refractivity contribution < 1.29 is 4.79 Å². The summed E-state index contributed by atoms with van der Waals surface area (Å²) < 4.78 is 0. The van der Waals surface area contributed by atoms with Gasteiger partial charge in [0.05, 0.1) is 11.4 Å². The van der Waals surface area contributed by atoms with Crippen molar-refractivity contribution >= 4 is 17.4 Å². The Hall–Kier alpha value is -1.91. The number of hydrogen-bond donors (Lipinski definition) is 2. The van der Waals surface area contributed by atoms with Crippen LogP contribution < -0.4 is 16.0 Å². The molecule has 1 aliphatic rings. The Labute approximate surface area is 114 Å². The number of carbonyl (C=O) groups is 1. The Morgan fingerprint density at radius 3 is 2.79 bits per heavy atom. The predicted octanol–water partition coefficient (Wildman–Crippen LogP) is 1.51. The highest BCUT2D eigenvalue weighted by Crippen LogP contribution is 2.22. The SMILES string of the molecule is CCCN(CCN1CCNC1=O)c1ccccc1N. The Morgan fingerprint density at radius 2 is 2.16 bits per heavy atom. The maximum absolute atomic E-state index is 11.5. The van der Waals surface area contributed by atoms with E-state index in [-0.39, 0.29) is 6.03 Å². The Bertz CT molecular complexity index is 435. The molecule has 0 saturated carbocycles. The maximum Gasteiger partial charge on any atom is 0.317 e. The van der Waals surface area contributed by atoms with Crippen molar-refractivity contribution in [1.82, 2.24) is 10.2 Å². The van der Waals surface area contributed by atoms with Gasteiger partial charge in [0.2, 0.25) is 0 Å². The van der Waals surface area contributed by atoms with E-state index in [1.165, 1.54) is 0 Å². The van der Waals surface area contributed by atoms with Crippen molar-refractivity contribution in [3.05, 3.63) is 24.3 Å². The maximum atomic E-state index is 11.5. The molecule has 5 nitrogen and oxygen atoms in total. The number of anilines is 2. The summed E-state index contributed by atoms with van der Waals surface area (Å²) in [5, 5.41) is 2.82. The zero-order chi connectivity index (χ0) is 13.7. The fourth-order valence-corrected chi connectivity index (χ4v) is 2.36. The van der Waals surface area contributed by atoms with Crippen molar-refractivity contribution in [3.63, 3.8) is 0 Å². The highest BCUT2D eigenvalue weighted by molar-refractivity contribution is 5.76. The molecule has 0 bridgehead atoms. The summed E-state index contributed by atoms with van der Waals surface area (Å²) in [6.07, 6.45) is 1.06. The van der Waals surface area contributed by atoms with Gasteiger partial charge in [-0.15, -0.1) is 0 Å². The molecule has 104 valence electrons. The van der Waals surface area contributed by atoms with E-state index in [4.69, 9.17) is 5.73 Å². The lowest BCUT2D eigenvalue weighted by Crippen LogP contribution is -2.37. The van der Waals surface area contributed by atoms with Crippen LogP contribution in [0.2, 0.25) is 0 Å². The number of hydrogen-bond acceptors (Lipinski definition) is 3. The number of nitrogen functional groups attached to an aromatic ring is 1. The van der Waals surface area contributed by atoms with Gasteiger partial charge < -0.3 is 20.9 Å². The minimum absolute atomic E-state index is 0.0393. The molecule has 1 aromatic carbocycles. The van der Waals surface area contributed by atoms with Crippen LogP contribution in [-0.4, -0.2) is 43.7 Å². The molecule has 1 aromatic rings. The van der Waals surface area contributed by atoms with Gasteiger partial charge in [-0.3, -0.25) is 0 Å². The molecule has 1 saturated heterocycles. The summed E-state index contributed by atoms with van der Waals surface area (Å²) in [5.41, 5.74) is 7.88.